The zero-order valence-corrected chi connectivity index (χ0v) is 14.9. The van der Waals surface area contributed by atoms with Gasteiger partial charge in [0, 0.05) is 12.0 Å². The van der Waals surface area contributed by atoms with Crippen LogP contribution in [0.5, 0.6) is 0 Å². The lowest BCUT2D eigenvalue weighted by molar-refractivity contribution is -0.174. The SMILES string of the molecule is C=CC/C(C=O)=C1\O[C@@H]2CC(=O)N2C1(CC=C)C(=O)OCc1ccccc1. The van der Waals surface area contributed by atoms with Crippen LogP contribution in [-0.2, 0) is 30.5 Å². The highest BCUT2D eigenvalue weighted by atomic mass is 16.6. The topological polar surface area (TPSA) is 72.9 Å². The number of hydrogen-bond donors (Lipinski definition) is 0. The minimum Gasteiger partial charge on any atom is -0.471 e. The summed E-state index contributed by atoms with van der Waals surface area (Å²) in [6.07, 6.45) is 3.61. The van der Waals surface area contributed by atoms with Gasteiger partial charge < -0.3 is 9.47 Å². The van der Waals surface area contributed by atoms with Crippen LogP contribution in [0.25, 0.3) is 0 Å². The molecule has 3 rings (SSSR count). The van der Waals surface area contributed by atoms with Crippen LogP contribution in [0.1, 0.15) is 24.8 Å². The molecule has 2 heterocycles. The standard InChI is InChI=1S/C21H21NO5/c1-3-8-16(13-23)19-21(11-4-2,22-17(24)12-18(22)27-19)20(25)26-14-15-9-6-5-7-10-15/h3-7,9-10,13,18H,1-2,8,11-12,14H2/b19-16+/t18-,21?/m1/s1. The Balaban J connectivity index is 2.00. The van der Waals surface area contributed by atoms with Crippen LogP contribution in [0.4, 0.5) is 0 Å². The average Bonchev–Trinajstić information content (AvgIpc) is 2.94. The van der Waals surface area contributed by atoms with E-state index in [0.29, 0.717) is 6.29 Å². The van der Waals surface area contributed by atoms with E-state index in [0.717, 1.165) is 5.56 Å². The second-order valence-corrected chi connectivity index (χ2v) is 6.42. The first-order valence-corrected chi connectivity index (χ1v) is 8.69. The third-order valence-corrected chi connectivity index (χ3v) is 4.74. The molecule has 0 spiro atoms. The van der Waals surface area contributed by atoms with Crippen LogP contribution in [0.3, 0.4) is 0 Å². The minimum absolute atomic E-state index is 0.0520. The summed E-state index contributed by atoms with van der Waals surface area (Å²) in [5.74, 6) is -0.705. The van der Waals surface area contributed by atoms with Crippen LogP contribution in [0, 0.1) is 0 Å². The predicted octanol–water partition coefficient (Wildman–Crippen LogP) is 2.66. The monoisotopic (exact) mass is 367 g/mol. The third kappa shape index (κ3) is 3.07. The quantitative estimate of drug-likeness (QED) is 0.232. The fourth-order valence-corrected chi connectivity index (χ4v) is 3.49. The highest BCUT2D eigenvalue weighted by Gasteiger charge is 2.65. The highest BCUT2D eigenvalue weighted by molar-refractivity contribution is 5.97. The number of benzene rings is 1. The van der Waals surface area contributed by atoms with Gasteiger partial charge in [-0.25, -0.2) is 4.79 Å². The largest absolute Gasteiger partial charge is 0.471 e. The molecule has 0 N–H and O–H groups in total. The maximum atomic E-state index is 13.2. The molecule has 0 bridgehead atoms. The van der Waals surface area contributed by atoms with Crippen LogP contribution in [0.2, 0.25) is 0 Å². The summed E-state index contributed by atoms with van der Waals surface area (Å²) >= 11 is 0. The van der Waals surface area contributed by atoms with E-state index in [-0.39, 0.29) is 43.1 Å². The molecule has 6 heteroatoms. The molecular weight excluding hydrogens is 346 g/mol. The Morgan fingerprint density at radius 1 is 1.30 bits per heavy atom. The first-order chi connectivity index (χ1) is 13.1. The molecule has 2 atom stereocenters. The van der Waals surface area contributed by atoms with Crippen molar-refractivity contribution in [1.82, 2.24) is 4.90 Å². The fourth-order valence-electron chi connectivity index (χ4n) is 3.49. The van der Waals surface area contributed by atoms with E-state index in [4.69, 9.17) is 9.47 Å². The zero-order valence-electron chi connectivity index (χ0n) is 14.9. The number of fused-ring (bicyclic) bond motifs is 1. The normalized spacial score (nSPS) is 25.0. The lowest BCUT2D eigenvalue weighted by Gasteiger charge is -2.41. The molecule has 0 aromatic heterocycles. The smallest absolute Gasteiger partial charge is 0.340 e. The van der Waals surface area contributed by atoms with Crippen molar-refractivity contribution < 1.29 is 23.9 Å². The Labute approximate surface area is 157 Å². The first kappa shape index (κ1) is 18.6. The molecule has 2 fully saturated rings. The molecule has 2 aliphatic rings. The van der Waals surface area contributed by atoms with Gasteiger partial charge in [0.25, 0.3) is 0 Å². The molecule has 1 unspecified atom stereocenters. The van der Waals surface area contributed by atoms with Gasteiger partial charge in [0.15, 0.2) is 6.23 Å². The number of hydrogen-bond acceptors (Lipinski definition) is 5. The van der Waals surface area contributed by atoms with Gasteiger partial charge in [0.2, 0.25) is 11.4 Å². The van der Waals surface area contributed by atoms with E-state index in [1.165, 1.54) is 11.0 Å². The van der Waals surface area contributed by atoms with Gasteiger partial charge >= 0.3 is 5.97 Å². The molecular formula is C21H21NO5. The molecule has 0 radical (unpaired) electrons. The molecule has 27 heavy (non-hydrogen) atoms. The summed E-state index contributed by atoms with van der Waals surface area (Å²) in [6, 6.07) is 9.22. The minimum atomic E-state index is -1.50. The Kier molecular flexibility index (Phi) is 5.26. The van der Waals surface area contributed by atoms with Crippen molar-refractivity contribution in [2.75, 3.05) is 0 Å². The van der Waals surface area contributed by atoms with Crippen LogP contribution < -0.4 is 0 Å². The number of carbonyl (C=O) groups is 3. The van der Waals surface area contributed by atoms with Gasteiger partial charge in [-0.1, -0.05) is 42.5 Å². The van der Waals surface area contributed by atoms with Gasteiger partial charge in [0.05, 0.1) is 6.42 Å². The van der Waals surface area contributed by atoms with Crippen LogP contribution in [0.15, 0.2) is 67.0 Å². The Hall–Kier alpha value is -3.15. The number of rotatable bonds is 8. The van der Waals surface area contributed by atoms with Crippen molar-refractivity contribution in [3.05, 3.63) is 72.5 Å². The van der Waals surface area contributed by atoms with Crippen molar-refractivity contribution in [2.24, 2.45) is 0 Å². The van der Waals surface area contributed by atoms with Crippen molar-refractivity contribution in [3.8, 4) is 0 Å². The second kappa shape index (κ2) is 7.61. The van der Waals surface area contributed by atoms with Gasteiger partial charge in [-0.15, -0.1) is 13.2 Å². The van der Waals surface area contributed by atoms with Gasteiger partial charge in [-0.05, 0) is 12.0 Å². The maximum absolute atomic E-state index is 13.2. The van der Waals surface area contributed by atoms with Crippen LogP contribution >= 0.6 is 0 Å². The van der Waals surface area contributed by atoms with Crippen molar-refractivity contribution in [1.29, 1.82) is 0 Å². The Morgan fingerprint density at radius 2 is 2.04 bits per heavy atom. The summed E-state index contributed by atoms with van der Waals surface area (Å²) in [6.45, 7) is 7.40. The summed E-state index contributed by atoms with van der Waals surface area (Å²) in [7, 11) is 0. The predicted molar refractivity (Wildman–Crippen MR) is 98.0 cm³/mol. The molecule has 1 aromatic rings. The maximum Gasteiger partial charge on any atom is 0.340 e. The van der Waals surface area contributed by atoms with Gasteiger partial charge in [0.1, 0.15) is 18.7 Å². The average molecular weight is 367 g/mol. The molecule has 0 aliphatic carbocycles. The van der Waals surface area contributed by atoms with Gasteiger partial charge in [-0.3, -0.25) is 14.5 Å². The Bertz CT molecular complexity index is 813. The van der Waals surface area contributed by atoms with Gasteiger partial charge in [-0.2, -0.15) is 0 Å². The molecule has 1 amide bonds. The number of nitrogens with zero attached hydrogens (tertiary/aromatic N) is 1. The number of amides is 1. The van der Waals surface area contributed by atoms with E-state index >= 15 is 0 Å². The highest BCUT2D eigenvalue weighted by Crippen LogP contribution is 2.48. The van der Waals surface area contributed by atoms with Crippen molar-refractivity contribution in [3.63, 3.8) is 0 Å². The number of aldehydes is 1. The molecule has 2 saturated heterocycles. The summed E-state index contributed by atoms with van der Waals surface area (Å²) < 4.78 is 11.4. The third-order valence-electron chi connectivity index (χ3n) is 4.74. The van der Waals surface area contributed by atoms with E-state index in [1.807, 2.05) is 30.3 Å². The molecule has 140 valence electrons. The molecule has 6 nitrogen and oxygen atoms in total. The van der Waals surface area contributed by atoms with E-state index in [1.54, 1.807) is 6.08 Å². The number of ether oxygens (including phenoxy) is 2. The lowest BCUT2D eigenvalue weighted by Crippen LogP contribution is -2.63. The van der Waals surface area contributed by atoms with E-state index < -0.39 is 17.7 Å². The lowest BCUT2D eigenvalue weighted by atomic mass is 9.86. The molecule has 1 aromatic carbocycles. The summed E-state index contributed by atoms with van der Waals surface area (Å²) in [5, 5.41) is 0. The summed E-state index contributed by atoms with van der Waals surface area (Å²) in [4.78, 5) is 38.4. The second-order valence-electron chi connectivity index (χ2n) is 6.42. The van der Waals surface area contributed by atoms with E-state index in [9.17, 15) is 14.4 Å². The van der Waals surface area contributed by atoms with Crippen molar-refractivity contribution in [2.45, 2.75) is 37.6 Å². The van der Waals surface area contributed by atoms with Crippen LogP contribution in [-0.4, -0.2) is 34.8 Å². The summed E-state index contributed by atoms with van der Waals surface area (Å²) in [5.41, 5.74) is -0.418. The number of β-lactam (4-membered cyclic amide) rings is 1. The fraction of sp³-hybridized carbons (Fsp3) is 0.286. The number of carbonyl (C=O) groups excluding carboxylic acids is 3. The van der Waals surface area contributed by atoms with Crippen molar-refractivity contribution >= 4 is 18.2 Å². The number of allylic oxidation sites excluding steroid dienone is 2. The Morgan fingerprint density at radius 3 is 2.63 bits per heavy atom. The first-order valence-electron chi connectivity index (χ1n) is 8.69. The number of esters is 1. The zero-order chi connectivity index (χ0) is 19.4. The molecule has 0 saturated carbocycles. The van der Waals surface area contributed by atoms with E-state index in [2.05, 4.69) is 13.2 Å². The molecule has 2 aliphatic heterocycles.